The van der Waals surface area contributed by atoms with Crippen LogP contribution in [-0.2, 0) is 14.3 Å². The zero-order valence-corrected chi connectivity index (χ0v) is 18.5. The second-order valence-electron chi connectivity index (χ2n) is 8.34. The quantitative estimate of drug-likeness (QED) is 0.547. The monoisotopic (exact) mass is 423 g/mol. The van der Waals surface area contributed by atoms with Gasteiger partial charge in [-0.3, -0.25) is 0 Å². The summed E-state index contributed by atoms with van der Waals surface area (Å²) in [7, 11) is 1.35. The van der Waals surface area contributed by atoms with Gasteiger partial charge in [0.15, 0.2) is 0 Å². The van der Waals surface area contributed by atoms with Crippen LogP contribution in [0.25, 0.3) is 17.2 Å². The van der Waals surface area contributed by atoms with E-state index in [0.717, 1.165) is 22.5 Å². The maximum absolute atomic E-state index is 12.2. The number of carbonyl (C=O) groups excluding carboxylic acids is 2. The maximum atomic E-state index is 12.2. The molecule has 164 valence electrons. The Morgan fingerprint density at radius 3 is 2.16 bits per heavy atom. The number of esters is 1. The highest BCUT2D eigenvalue weighted by atomic mass is 16.6. The summed E-state index contributed by atoms with van der Waals surface area (Å²) < 4.78 is 10.0. The molecule has 1 aliphatic rings. The Bertz CT molecular complexity index is 923. The number of rotatable bonds is 4. The van der Waals surface area contributed by atoms with E-state index >= 15 is 0 Å². The third-order valence-corrected chi connectivity index (χ3v) is 4.86. The summed E-state index contributed by atoms with van der Waals surface area (Å²) in [6.07, 6.45) is 4.71. The lowest BCUT2D eigenvalue weighted by Crippen LogP contribution is -2.50. The lowest BCUT2D eigenvalue weighted by molar-refractivity contribution is -0.134. The van der Waals surface area contributed by atoms with Crippen LogP contribution in [0.2, 0.25) is 0 Å². The minimum Gasteiger partial charge on any atom is -0.466 e. The van der Waals surface area contributed by atoms with Crippen molar-refractivity contribution in [2.45, 2.75) is 26.4 Å². The van der Waals surface area contributed by atoms with Crippen molar-refractivity contribution in [2.75, 3.05) is 38.2 Å². The highest BCUT2D eigenvalue weighted by molar-refractivity contribution is 5.87. The van der Waals surface area contributed by atoms with Gasteiger partial charge in [-0.25, -0.2) is 14.6 Å². The van der Waals surface area contributed by atoms with E-state index in [1.807, 2.05) is 63.4 Å². The lowest BCUT2D eigenvalue weighted by atomic mass is 10.1. The van der Waals surface area contributed by atoms with Crippen LogP contribution in [0.15, 0.2) is 48.7 Å². The number of benzene rings is 1. The molecule has 0 unspecified atom stereocenters. The summed E-state index contributed by atoms with van der Waals surface area (Å²) >= 11 is 0. The van der Waals surface area contributed by atoms with Crippen LogP contribution in [0.3, 0.4) is 0 Å². The van der Waals surface area contributed by atoms with Crippen molar-refractivity contribution >= 4 is 24.0 Å². The van der Waals surface area contributed by atoms with Crippen molar-refractivity contribution in [1.82, 2.24) is 9.88 Å². The number of ether oxygens (including phenoxy) is 2. The lowest BCUT2D eigenvalue weighted by Gasteiger charge is -2.36. The summed E-state index contributed by atoms with van der Waals surface area (Å²) in [4.78, 5) is 31.9. The summed E-state index contributed by atoms with van der Waals surface area (Å²) in [5.74, 6) is 0.515. The van der Waals surface area contributed by atoms with Gasteiger partial charge in [0.2, 0.25) is 0 Å². The molecule has 0 bridgehead atoms. The van der Waals surface area contributed by atoms with Crippen molar-refractivity contribution in [3.05, 3.63) is 54.2 Å². The molecular weight excluding hydrogens is 394 g/mol. The van der Waals surface area contributed by atoms with Crippen LogP contribution in [0.5, 0.6) is 0 Å². The minimum absolute atomic E-state index is 0.264. The molecule has 7 nitrogen and oxygen atoms in total. The second kappa shape index (κ2) is 9.64. The van der Waals surface area contributed by atoms with E-state index in [9.17, 15) is 9.59 Å². The predicted octanol–water partition coefficient (Wildman–Crippen LogP) is 3.99. The molecule has 1 saturated heterocycles. The third kappa shape index (κ3) is 6.31. The van der Waals surface area contributed by atoms with Gasteiger partial charge in [0, 0.05) is 44.0 Å². The summed E-state index contributed by atoms with van der Waals surface area (Å²) in [5, 5.41) is 0. The van der Waals surface area contributed by atoms with Gasteiger partial charge in [-0.2, -0.15) is 0 Å². The van der Waals surface area contributed by atoms with Gasteiger partial charge in [-0.05, 0) is 50.1 Å². The number of piperazine rings is 1. The number of hydrogen-bond donors (Lipinski definition) is 0. The Hall–Kier alpha value is -3.35. The molecule has 1 aliphatic heterocycles. The van der Waals surface area contributed by atoms with E-state index in [0.29, 0.717) is 26.2 Å². The molecule has 1 amide bonds. The second-order valence-corrected chi connectivity index (χ2v) is 8.34. The average Bonchev–Trinajstić information content (AvgIpc) is 2.77. The van der Waals surface area contributed by atoms with E-state index < -0.39 is 5.60 Å². The highest BCUT2D eigenvalue weighted by Crippen LogP contribution is 2.23. The van der Waals surface area contributed by atoms with Gasteiger partial charge in [0.05, 0.1) is 7.11 Å². The smallest absolute Gasteiger partial charge is 0.410 e. The fourth-order valence-electron chi connectivity index (χ4n) is 3.21. The van der Waals surface area contributed by atoms with Gasteiger partial charge in [-0.1, -0.05) is 24.3 Å². The van der Waals surface area contributed by atoms with Crippen LogP contribution in [-0.4, -0.2) is 60.8 Å². The van der Waals surface area contributed by atoms with Crippen molar-refractivity contribution in [3.63, 3.8) is 0 Å². The molecule has 7 heteroatoms. The van der Waals surface area contributed by atoms with Gasteiger partial charge in [-0.15, -0.1) is 0 Å². The van der Waals surface area contributed by atoms with E-state index in [1.54, 1.807) is 11.0 Å². The van der Waals surface area contributed by atoms with Crippen molar-refractivity contribution < 1.29 is 19.1 Å². The Balaban J connectivity index is 1.58. The van der Waals surface area contributed by atoms with Gasteiger partial charge >= 0.3 is 12.1 Å². The number of hydrogen-bond acceptors (Lipinski definition) is 6. The number of methoxy groups -OCH3 is 1. The Morgan fingerprint density at radius 2 is 1.61 bits per heavy atom. The molecule has 0 N–H and O–H groups in total. The molecule has 3 rings (SSSR count). The molecule has 1 aromatic carbocycles. The number of pyridine rings is 1. The number of aromatic nitrogens is 1. The summed E-state index contributed by atoms with van der Waals surface area (Å²) in [5.41, 5.74) is 2.49. The molecular formula is C24H29N3O4. The van der Waals surface area contributed by atoms with Crippen LogP contribution in [0, 0.1) is 0 Å². The molecule has 1 aromatic heterocycles. The van der Waals surface area contributed by atoms with Crippen LogP contribution in [0.4, 0.5) is 10.6 Å². The summed E-state index contributed by atoms with van der Waals surface area (Å²) in [6, 6.07) is 11.9. The van der Waals surface area contributed by atoms with E-state index in [2.05, 4.69) is 14.6 Å². The number of nitrogens with zero attached hydrogens (tertiary/aromatic N) is 3. The molecule has 2 heterocycles. The number of carbonyl (C=O) groups is 2. The van der Waals surface area contributed by atoms with Gasteiger partial charge in [0.1, 0.15) is 11.4 Å². The molecule has 0 spiro atoms. The topological polar surface area (TPSA) is 72.0 Å². The van der Waals surface area contributed by atoms with Gasteiger partial charge < -0.3 is 19.3 Å². The molecule has 0 saturated carbocycles. The molecule has 1 fully saturated rings. The Morgan fingerprint density at radius 1 is 0.968 bits per heavy atom. The minimum atomic E-state index is -0.485. The van der Waals surface area contributed by atoms with Crippen molar-refractivity contribution in [3.8, 4) is 11.1 Å². The largest absolute Gasteiger partial charge is 0.466 e. The van der Waals surface area contributed by atoms with Crippen LogP contribution >= 0.6 is 0 Å². The summed E-state index contributed by atoms with van der Waals surface area (Å²) in [6.45, 7) is 8.27. The predicted molar refractivity (Wildman–Crippen MR) is 121 cm³/mol. The zero-order chi connectivity index (χ0) is 22.4. The fourth-order valence-corrected chi connectivity index (χ4v) is 3.21. The SMILES string of the molecule is COC(=O)/C=C/c1ccc(-c2ccc(N3CCN(C(=O)OC(C)(C)C)CC3)nc2)cc1. The fraction of sp³-hybridized carbons (Fsp3) is 0.375. The Labute approximate surface area is 183 Å². The average molecular weight is 424 g/mol. The molecule has 0 aliphatic carbocycles. The standard InChI is InChI=1S/C24H29N3O4/c1-24(2,3)31-23(29)27-15-13-26(14-16-27)21-11-10-20(17-25-21)19-8-5-18(6-9-19)7-12-22(28)30-4/h5-12,17H,13-16H2,1-4H3/b12-7+. The first-order valence-corrected chi connectivity index (χ1v) is 10.3. The van der Waals surface area contributed by atoms with Crippen LogP contribution in [0.1, 0.15) is 26.3 Å². The molecule has 0 radical (unpaired) electrons. The Kier molecular flexibility index (Phi) is 6.95. The van der Waals surface area contributed by atoms with Crippen molar-refractivity contribution in [1.29, 1.82) is 0 Å². The van der Waals surface area contributed by atoms with Crippen LogP contribution < -0.4 is 4.90 Å². The normalized spacial score (nSPS) is 14.6. The number of anilines is 1. The van der Waals surface area contributed by atoms with Gasteiger partial charge in [0.25, 0.3) is 0 Å². The van der Waals surface area contributed by atoms with Crippen molar-refractivity contribution in [2.24, 2.45) is 0 Å². The molecule has 0 atom stereocenters. The van der Waals surface area contributed by atoms with E-state index in [-0.39, 0.29) is 12.1 Å². The first-order valence-electron chi connectivity index (χ1n) is 10.3. The van der Waals surface area contributed by atoms with E-state index in [4.69, 9.17) is 4.74 Å². The first kappa shape index (κ1) is 22.3. The number of amides is 1. The molecule has 31 heavy (non-hydrogen) atoms. The van der Waals surface area contributed by atoms with E-state index in [1.165, 1.54) is 13.2 Å². The highest BCUT2D eigenvalue weighted by Gasteiger charge is 2.26. The maximum Gasteiger partial charge on any atom is 0.410 e. The zero-order valence-electron chi connectivity index (χ0n) is 18.5. The third-order valence-electron chi connectivity index (χ3n) is 4.86. The first-order chi connectivity index (χ1) is 14.7. The molecule has 2 aromatic rings.